The lowest BCUT2D eigenvalue weighted by Gasteiger charge is -2.31. The Hall–Kier alpha value is -3.11. The van der Waals surface area contributed by atoms with Crippen LogP contribution in [0.5, 0.6) is 0 Å². The third-order valence-electron chi connectivity index (χ3n) is 7.91. The highest BCUT2D eigenvalue weighted by Crippen LogP contribution is 2.40. The molecule has 0 bridgehead atoms. The number of nitrogens with one attached hydrogen (secondary N) is 1. The number of fused-ring (bicyclic) bond motifs is 5. The largest absolute Gasteiger partial charge is 0.458 e. The molecule has 3 aliphatic heterocycles. The van der Waals surface area contributed by atoms with Crippen LogP contribution in [-0.2, 0) is 39.6 Å². The number of hydrogen-bond donors (Lipinski definition) is 2. The molecule has 1 saturated heterocycles. The Bertz CT molecular complexity index is 1430. The Morgan fingerprint density at radius 2 is 2.11 bits per heavy atom. The molecule has 0 radical (unpaired) electrons. The molecule has 9 nitrogen and oxygen atoms in total. The number of cyclic esters (lactones) is 1. The predicted molar refractivity (Wildman–Crippen MR) is 133 cm³/mol. The normalized spacial score (nSPS) is 23.0. The van der Waals surface area contributed by atoms with Crippen LogP contribution in [-0.4, -0.2) is 51.9 Å². The number of ether oxygens (including phenoxy) is 2. The number of aliphatic hydroxyl groups is 1. The van der Waals surface area contributed by atoms with Crippen LogP contribution in [0, 0.1) is 0 Å². The fourth-order valence-electron chi connectivity index (χ4n) is 5.90. The molecular weight excluding hydrogens is 460 g/mol. The molecule has 2 aromatic heterocycles. The van der Waals surface area contributed by atoms with E-state index in [0.29, 0.717) is 42.6 Å². The highest BCUT2D eigenvalue weighted by molar-refractivity contribution is 5.89. The summed E-state index contributed by atoms with van der Waals surface area (Å²) in [7, 11) is 1.73. The van der Waals surface area contributed by atoms with Crippen molar-refractivity contribution in [3.63, 3.8) is 0 Å². The van der Waals surface area contributed by atoms with Crippen molar-refractivity contribution in [2.24, 2.45) is 0 Å². The average molecular weight is 491 g/mol. The van der Waals surface area contributed by atoms with Crippen molar-refractivity contribution in [2.75, 3.05) is 20.3 Å². The maximum Gasteiger partial charge on any atom is 0.343 e. The van der Waals surface area contributed by atoms with E-state index in [1.54, 1.807) is 24.7 Å². The monoisotopic (exact) mass is 490 g/mol. The Labute approximate surface area is 208 Å². The smallest absolute Gasteiger partial charge is 0.343 e. The maximum atomic E-state index is 13.6. The molecule has 0 saturated carbocycles. The van der Waals surface area contributed by atoms with Gasteiger partial charge in [0.25, 0.3) is 5.56 Å². The van der Waals surface area contributed by atoms with Gasteiger partial charge in [-0.25, -0.2) is 14.8 Å². The number of benzene rings is 1. The lowest BCUT2D eigenvalue weighted by Crippen LogP contribution is -2.44. The summed E-state index contributed by atoms with van der Waals surface area (Å²) in [5.41, 5.74) is 6.46. The number of rotatable bonds is 6. The molecule has 6 rings (SSSR count). The number of hydrazine groups is 1. The van der Waals surface area contributed by atoms with Crippen molar-refractivity contribution >= 4 is 16.9 Å². The van der Waals surface area contributed by atoms with Gasteiger partial charge in [-0.05, 0) is 37.0 Å². The van der Waals surface area contributed by atoms with E-state index in [1.165, 1.54) is 0 Å². The summed E-state index contributed by atoms with van der Waals surface area (Å²) in [5, 5.41) is 14.4. The third kappa shape index (κ3) is 3.42. The molecule has 2 N–H and O–H groups in total. The summed E-state index contributed by atoms with van der Waals surface area (Å²) >= 11 is 0. The molecule has 0 aliphatic carbocycles. The first-order chi connectivity index (χ1) is 17.5. The molecular formula is C27H30N4O5. The van der Waals surface area contributed by atoms with E-state index in [0.717, 1.165) is 47.1 Å². The van der Waals surface area contributed by atoms with Crippen LogP contribution < -0.4 is 11.0 Å². The van der Waals surface area contributed by atoms with Gasteiger partial charge in [0.05, 0.1) is 35.6 Å². The predicted octanol–water partition coefficient (Wildman–Crippen LogP) is 2.20. The third-order valence-corrected chi connectivity index (χ3v) is 7.91. The number of carbonyl (C=O) groups is 1. The van der Waals surface area contributed by atoms with Crippen LogP contribution >= 0.6 is 0 Å². The Balaban J connectivity index is 1.47. The number of carbonyl (C=O) groups excluding carboxylic acids is 1. The minimum Gasteiger partial charge on any atom is -0.458 e. The Kier molecular flexibility index (Phi) is 5.68. The first-order valence-corrected chi connectivity index (χ1v) is 12.5. The zero-order valence-electron chi connectivity index (χ0n) is 20.5. The van der Waals surface area contributed by atoms with Crippen molar-refractivity contribution < 1.29 is 19.4 Å². The molecule has 188 valence electrons. The second-order valence-corrected chi connectivity index (χ2v) is 9.82. The molecule has 0 amide bonds. The lowest BCUT2D eigenvalue weighted by atomic mass is 9.86. The van der Waals surface area contributed by atoms with Gasteiger partial charge in [-0.15, -0.1) is 0 Å². The van der Waals surface area contributed by atoms with Crippen molar-refractivity contribution in [3.8, 4) is 11.4 Å². The SMILES string of the molecule is CC[C@@]1(O)C(=O)OCc2c1cc1n(c2=O)Cc2c-1nc1ccccc1c2CNN1CCCC1COC. The molecule has 2 atom stereocenters. The average Bonchev–Trinajstić information content (AvgIpc) is 3.49. The Morgan fingerprint density at radius 1 is 1.28 bits per heavy atom. The van der Waals surface area contributed by atoms with E-state index in [-0.39, 0.29) is 18.6 Å². The van der Waals surface area contributed by atoms with Gasteiger partial charge in [0.15, 0.2) is 5.60 Å². The number of esters is 1. The van der Waals surface area contributed by atoms with Crippen LogP contribution in [0.15, 0.2) is 35.1 Å². The zero-order chi connectivity index (χ0) is 25.0. The van der Waals surface area contributed by atoms with Crippen molar-refractivity contribution in [1.29, 1.82) is 0 Å². The fraction of sp³-hybridized carbons (Fsp3) is 0.444. The first-order valence-electron chi connectivity index (χ1n) is 12.5. The zero-order valence-corrected chi connectivity index (χ0v) is 20.5. The van der Waals surface area contributed by atoms with Gasteiger partial charge in [0.1, 0.15) is 6.61 Å². The number of methoxy groups -OCH3 is 1. The summed E-state index contributed by atoms with van der Waals surface area (Å²) in [4.78, 5) is 31.0. The van der Waals surface area contributed by atoms with Gasteiger partial charge in [0.2, 0.25) is 0 Å². The standard InChI is InChI=1S/C27H30N4O5/c1-3-27(34)21-11-23-24-19(13-30(23)25(32)20(21)15-36-26(27)33)18(17-8-4-5-9-22(17)29-24)12-28-31-10-6-7-16(31)14-35-2/h4-5,8-9,11,16,28,34H,3,6-7,10,12-15H2,1-2H3/t16?,27-/m0/s1. The highest BCUT2D eigenvalue weighted by atomic mass is 16.6. The van der Waals surface area contributed by atoms with Crippen molar-refractivity contribution in [2.45, 2.75) is 57.5 Å². The van der Waals surface area contributed by atoms with E-state index < -0.39 is 11.6 Å². The lowest BCUT2D eigenvalue weighted by molar-refractivity contribution is -0.172. The fourth-order valence-corrected chi connectivity index (χ4v) is 5.90. The van der Waals surface area contributed by atoms with Crippen LogP contribution in [0.2, 0.25) is 0 Å². The molecule has 3 aliphatic rings. The summed E-state index contributed by atoms with van der Waals surface area (Å²) < 4.78 is 12.3. The summed E-state index contributed by atoms with van der Waals surface area (Å²) in [6.07, 6.45) is 2.32. The summed E-state index contributed by atoms with van der Waals surface area (Å²) in [6.45, 7) is 4.18. The Morgan fingerprint density at radius 3 is 2.92 bits per heavy atom. The van der Waals surface area contributed by atoms with E-state index in [9.17, 15) is 14.7 Å². The molecule has 3 aromatic rings. The van der Waals surface area contributed by atoms with Crippen LogP contribution in [0.3, 0.4) is 0 Å². The summed E-state index contributed by atoms with van der Waals surface area (Å²) in [5.74, 6) is -0.715. The van der Waals surface area contributed by atoms with Gasteiger partial charge >= 0.3 is 5.97 Å². The molecule has 1 unspecified atom stereocenters. The second kappa shape index (κ2) is 8.77. The molecule has 9 heteroatoms. The second-order valence-electron chi connectivity index (χ2n) is 9.82. The van der Waals surface area contributed by atoms with Gasteiger partial charge in [-0.1, -0.05) is 25.1 Å². The molecule has 1 aromatic carbocycles. The van der Waals surface area contributed by atoms with Crippen LogP contribution in [0.25, 0.3) is 22.3 Å². The van der Waals surface area contributed by atoms with E-state index in [1.807, 2.05) is 18.2 Å². The number of nitrogens with zero attached hydrogens (tertiary/aromatic N) is 3. The number of pyridine rings is 2. The molecule has 5 heterocycles. The highest BCUT2D eigenvalue weighted by Gasteiger charge is 2.45. The van der Waals surface area contributed by atoms with Crippen molar-refractivity contribution in [1.82, 2.24) is 20.0 Å². The topological polar surface area (TPSA) is 106 Å². The van der Waals surface area contributed by atoms with Gasteiger partial charge in [-0.2, -0.15) is 0 Å². The first kappa shape index (κ1) is 23.3. The maximum absolute atomic E-state index is 13.6. The van der Waals surface area contributed by atoms with Crippen molar-refractivity contribution in [3.05, 3.63) is 62.9 Å². The number of hydrogen-bond acceptors (Lipinski definition) is 8. The van der Waals surface area contributed by atoms with Crippen LogP contribution in [0.4, 0.5) is 0 Å². The summed E-state index contributed by atoms with van der Waals surface area (Å²) in [6, 6.07) is 10.1. The quantitative estimate of drug-likeness (QED) is 0.397. The molecule has 0 spiro atoms. The van der Waals surface area contributed by atoms with E-state index >= 15 is 0 Å². The van der Waals surface area contributed by atoms with E-state index in [2.05, 4.69) is 16.5 Å². The van der Waals surface area contributed by atoms with Gasteiger partial charge in [0, 0.05) is 42.8 Å². The number of para-hydroxylation sites is 1. The van der Waals surface area contributed by atoms with Crippen LogP contribution in [0.1, 0.15) is 48.4 Å². The van der Waals surface area contributed by atoms with Gasteiger partial charge < -0.3 is 19.1 Å². The molecule has 36 heavy (non-hydrogen) atoms. The minimum absolute atomic E-state index is 0.118. The van der Waals surface area contributed by atoms with E-state index in [4.69, 9.17) is 14.5 Å². The minimum atomic E-state index is -1.83. The van der Waals surface area contributed by atoms with Gasteiger partial charge in [-0.3, -0.25) is 10.2 Å². The number of aromatic nitrogens is 2. The molecule has 1 fully saturated rings.